The molecule has 3 rings (SSSR count). The van der Waals surface area contributed by atoms with Crippen LogP contribution in [0.5, 0.6) is 5.75 Å². The molecule has 1 aliphatic carbocycles. The third-order valence-corrected chi connectivity index (χ3v) is 7.73. The minimum atomic E-state index is -3.99. The molecule has 0 radical (unpaired) electrons. The van der Waals surface area contributed by atoms with Crippen LogP contribution in [0.4, 0.5) is 0 Å². The van der Waals surface area contributed by atoms with Crippen molar-refractivity contribution in [2.75, 3.05) is 20.3 Å². The monoisotopic (exact) mass is 490 g/mol. The van der Waals surface area contributed by atoms with Gasteiger partial charge in [0.05, 0.1) is 24.6 Å². The SMILES string of the molecule is CCOC1(S(=O)(=O)c2ccc(Cl)cc2)C=CC=CC1NCC(=O)NCc1ccccc1OC. The molecule has 0 saturated heterocycles. The number of hydrogen-bond donors (Lipinski definition) is 2. The fourth-order valence-electron chi connectivity index (χ4n) is 3.62. The van der Waals surface area contributed by atoms with Gasteiger partial charge in [0.2, 0.25) is 20.7 Å². The number of benzene rings is 2. The first-order valence-corrected chi connectivity index (χ1v) is 12.3. The lowest BCUT2D eigenvalue weighted by molar-refractivity contribution is -0.120. The fraction of sp³-hybridized carbons (Fsp3) is 0.292. The van der Waals surface area contributed by atoms with Gasteiger partial charge in [0.1, 0.15) is 5.75 Å². The molecule has 7 nitrogen and oxygen atoms in total. The number of halogens is 1. The molecule has 2 unspecified atom stereocenters. The Kier molecular flexibility index (Phi) is 8.31. The zero-order valence-electron chi connectivity index (χ0n) is 18.5. The number of carbonyl (C=O) groups is 1. The van der Waals surface area contributed by atoms with E-state index in [-0.39, 0.29) is 30.5 Å². The lowest BCUT2D eigenvalue weighted by Gasteiger charge is -2.38. The van der Waals surface area contributed by atoms with Crippen LogP contribution < -0.4 is 15.4 Å². The van der Waals surface area contributed by atoms with Gasteiger partial charge < -0.3 is 14.8 Å². The first kappa shape index (κ1) is 25.0. The maximum atomic E-state index is 13.6. The Morgan fingerprint density at radius 2 is 1.85 bits per heavy atom. The Labute approximate surface area is 199 Å². The Hall–Kier alpha value is -2.65. The topological polar surface area (TPSA) is 93.7 Å². The second-order valence-corrected chi connectivity index (χ2v) is 9.86. The summed E-state index contributed by atoms with van der Waals surface area (Å²) in [6, 6.07) is 12.5. The Bertz CT molecular complexity index is 1130. The van der Waals surface area contributed by atoms with E-state index in [0.717, 1.165) is 5.56 Å². The highest BCUT2D eigenvalue weighted by Crippen LogP contribution is 2.35. The lowest BCUT2D eigenvalue weighted by atomic mass is 10.0. The van der Waals surface area contributed by atoms with Crippen molar-refractivity contribution in [2.24, 2.45) is 0 Å². The summed E-state index contributed by atoms with van der Waals surface area (Å²) in [4.78, 5) is 10.9. The van der Waals surface area contributed by atoms with Gasteiger partial charge in [0.15, 0.2) is 0 Å². The van der Waals surface area contributed by atoms with Gasteiger partial charge in [-0.2, -0.15) is 0 Å². The van der Waals surface area contributed by atoms with E-state index in [2.05, 4.69) is 10.6 Å². The van der Waals surface area contributed by atoms with Gasteiger partial charge in [-0.15, -0.1) is 0 Å². The summed E-state index contributed by atoms with van der Waals surface area (Å²) >= 11 is 5.93. The Morgan fingerprint density at radius 3 is 2.55 bits per heavy atom. The van der Waals surface area contributed by atoms with Gasteiger partial charge in [-0.1, -0.05) is 48.0 Å². The number of para-hydroxylation sites is 1. The van der Waals surface area contributed by atoms with E-state index in [9.17, 15) is 13.2 Å². The average molecular weight is 491 g/mol. The summed E-state index contributed by atoms with van der Waals surface area (Å²) < 4.78 is 38.4. The largest absolute Gasteiger partial charge is 0.496 e. The fourth-order valence-corrected chi connectivity index (χ4v) is 5.63. The molecule has 176 valence electrons. The molecule has 0 heterocycles. The maximum absolute atomic E-state index is 13.6. The van der Waals surface area contributed by atoms with Crippen molar-refractivity contribution in [3.63, 3.8) is 0 Å². The van der Waals surface area contributed by atoms with Crippen LogP contribution in [0.3, 0.4) is 0 Å². The summed E-state index contributed by atoms with van der Waals surface area (Å²) in [5, 5.41) is 6.29. The van der Waals surface area contributed by atoms with Gasteiger partial charge in [-0.05, 0) is 43.3 Å². The molecule has 2 N–H and O–H groups in total. The van der Waals surface area contributed by atoms with Gasteiger partial charge in [0, 0.05) is 23.7 Å². The zero-order chi connectivity index (χ0) is 23.9. The summed E-state index contributed by atoms with van der Waals surface area (Å²) in [6.45, 7) is 2.05. The van der Waals surface area contributed by atoms with Crippen LogP contribution in [0, 0.1) is 0 Å². The molecule has 0 spiro atoms. The standard InChI is InChI=1S/C24H27ClN2O5S/c1-3-32-24(33(29,30)20-13-11-19(25)12-14-20)15-7-6-10-22(24)26-17-23(28)27-16-18-8-4-5-9-21(18)31-2/h4-15,22,26H,3,16-17H2,1-2H3,(H,27,28). The molecular weight excluding hydrogens is 464 g/mol. The number of amides is 1. The second kappa shape index (κ2) is 11.0. The predicted octanol–water partition coefficient (Wildman–Crippen LogP) is 3.26. The summed E-state index contributed by atoms with van der Waals surface area (Å²) in [6.07, 6.45) is 6.53. The van der Waals surface area contributed by atoms with E-state index in [4.69, 9.17) is 21.1 Å². The van der Waals surface area contributed by atoms with Crippen molar-refractivity contribution in [2.45, 2.75) is 29.3 Å². The van der Waals surface area contributed by atoms with Crippen molar-refractivity contribution in [1.82, 2.24) is 10.6 Å². The van der Waals surface area contributed by atoms with Crippen LogP contribution in [0.25, 0.3) is 0 Å². The van der Waals surface area contributed by atoms with Crippen molar-refractivity contribution in [3.8, 4) is 5.75 Å². The van der Waals surface area contributed by atoms with E-state index < -0.39 is 20.8 Å². The third kappa shape index (κ3) is 5.47. The quantitative estimate of drug-likeness (QED) is 0.531. The number of nitrogens with one attached hydrogen (secondary N) is 2. The minimum absolute atomic E-state index is 0.0766. The number of methoxy groups -OCH3 is 1. The van der Waals surface area contributed by atoms with E-state index in [0.29, 0.717) is 10.8 Å². The van der Waals surface area contributed by atoms with E-state index in [1.807, 2.05) is 24.3 Å². The first-order valence-electron chi connectivity index (χ1n) is 10.5. The number of carbonyl (C=O) groups excluding carboxylic acids is 1. The molecule has 2 atom stereocenters. The van der Waals surface area contributed by atoms with E-state index in [1.54, 1.807) is 32.3 Å². The molecule has 9 heteroatoms. The highest BCUT2D eigenvalue weighted by atomic mass is 35.5. The zero-order valence-corrected chi connectivity index (χ0v) is 20.0. The molecular formula is C24H27ClN2O5S. The van der Waals surface area contributed by atoms with Crippen molar-refractivity contribution in [1.29, 1.82) is 0 Å². The van der Waals surface area contributed by atoms with Gasteiger partial charge in [0.25, 0.3) is 0 Å². The summed E-state index contributed by atoms with van der Waals surface area (Å²) in [5.41, 5.74) is 0.836. The highest BCUT2D eigenvalue weighted by molar-refractivity contribution is 7.93. The molecule has 0 saturated carbocycles. The highest BCUT2D eigenvalue weighted by Gasteiger charge is 2.50. The maximum Gasteiger partial charge on any atom is 0.234 e. The molecule has 1 aliphatic rings. The number of rotatable bonds is 10. The van der Waals surface area contributed by atoms with Crippen LogP contribution in [0.1, 0.15) is 12.5 Å². The Balaban J connectivity index is 1.76. The third-order valence-electron chi connectivity index (χ3n) is 5.24. The number of sulfone groups is 1. The molecule has 0 fully saturated rings. The molecule has 2 aromatic carbocycles. The molecule has 33 heavy (non-hydrogen) atoms. The van der Waals surface area contributed by atoms with Crippen molar-refractivity contribution >= 4 is 27.3 Å². The normalized spacial score (nSPS) is 19.9. The smallest absolute Gasteiger partial charge is 0.234 e. The Morgan fingerprint density at radius 1 is 1.12 bits per heavy atom. The van der Waals surface area contributed by atoms with Crippen LogP contribution in [0.2, 0.25) is 5.02 Å². The van der Waals surface area contributed by atoms with E-state index in [1.165, 1.54) is 30.3 Å². The van der Waals surface area contributed by atoms with Gasteiger partial charge >= 0.3 is 0 Å². The number of ether oxygens (including phenoxy) is 2. The average Bonchev–Trinajstić information content (AvgIpc) is 2.82. The second-order valence-electron chi connectivity index (χ2n) is 7.30. The van der Waals surface area contributed by atoms with Crippen LogP contribution in [0.15, 0.2) is 77.7 Å². The number of hydrogen-bond acceptors (Lipinski definition) is 6. The first-order chi connectivity index (χ1) is 15.8. The molecule has 2 aromatic rings. The van der Waals surface area contributed by atoms with Crippen LogP contribution in [-0.2, 0) is 25.9 Å². The predicted molar refractivity (Wildman–Crippen MR) is 128 cm³/mol. The molecule has 0 aromatic heterocycles. The lowest BCUT2D eigenvalue weighted by Crippen LogP contribution is -2.57. The minimum Gasteiger partial charge on any atom is -0.496 e. The summed E-state index contributed by atoms with van der Waals surface area (Å²) in [7, 11) is -2.42. The molecule has 0 bridgehead atoms. The number of allylic oxidation sites excluding steroid dienone is 2. The van der Waals surface area contributed by atoms with Gasteiger partial charge in [-0.3, -0.25) is 10.1 Å². The van der Waals surface area contributed by atoms with Gasteiger partial charge in [-0.25, -0.2) is 8.42 Å². The van der Waals surface area contributed by atoms with E-state index >= 15 is 0 Å². The summed E-state index contributed by atoms with van der Waals surface area (Å²) in [5.74, 6) is 0.383. The van der Waals surface area contributed by atoms with Crippen molar-refractivity contribution in [3.05, 3.63) is 83.4 Å². The van der Waals surface area contributed by atoms with Crippen molar-refractivity contribution < 1.29 is 22.7 Å². The van der Waals surface area contributed by atoms with Crippen LogP contribution in [-0.4, -0.2) is 45.6 Å². The molecule has 1 amide bonds. The van der Waals surface area contributed by atoms with Crippen LogP contribution >= 0.6 is 11.6 Å². The molecule has 0 aliphatic heterocycles.